The highest BCUT2D eigenvalue weighted by atomic mass is 19.1. The summed E-state index contributed by atoms with van der Waals surface area (Å²) < 4.78 is 32.1. The Kier molecular flexibility index (Phi) is 3.37. The van der Waals surface area contributed by atoms with Gasteiger partial charge in [-0.1, -0.05) is 12.1 Å². The van der Waals surface area contributed by atoms with Crippen LogP contribution in [-0.4, -0.2) is 6.29 Å². The Morgan fingerprint density at radius 3 is 2.56 bits per heavy atom. The smallest absolute Gasteiger partial charge is 0.165 e. The molecular formula is C14H10F2O2. The van der Waals surface area contributed by atoms with E-state index in [9.17, 15) is 13.6 Å². The van der Waals surface area contributed by atoms with Gasteiger partial charge in [0.1, 0.15) is 11.6 Å². The fraction of sp³-hybridized carbons (Fsp3) is 0.0714. The largest absolute Gasteiger partial charge is 0.453 e. The van der Waals surface area contributed by atoms with E-state index in [1.54, 1.807) is 13.0 Å². The third-order valence-electron chi connectivity index (χ3n) is 2.44. The molecule has 0 N–H and O–H groups in total. The van der Waals surface area contributed by atoms with Gasteiger partial charge in [-0.05, 0) is 36.8 Å². The lowest BCUT2D eigenvalue weighted by molar-refractivity contribution is 0.111. The first-order valence-electron chi connectivity index (χ1n) is 5.29. The third-order valence-corrected chi connectivity index (χ3v) is 2.44. The maximum atomic E-state index is 13.5. The average Bonchev–Trinajstić information content (AvgIpc) is 2.34. The van der Waals surface area contributed by atoms with E-state index in [2.05, 4.69) is 0 Å². The number of carbonyl (C=O) groups is 1. The Labute approximate surface area is 103 Å². The van der Waals surface area contributed by atoms with Crippen LogP contribution < -0.4 is 4.74 Å². The molecule has 0 aromatic heterocycles. The molecule has 0 spiro atoms. The summed E-state index contributed by atoms with van der Waals surface area (Å²) in [7, 11) is 0. The Morgan fingerprint density at radius 1 is 1.06 bits per heavy atom. The van der Waals surface area contributed by atoms with Gasteiger partial charge in [0.05, 0.1) is 5.56 Å². The van der Waals surface area contributed by atoms with Gasteiger partial charge in [-0.2, -0.15) is 0 Å². The van der Waals surface area contributed by atoms with Gasteiger partial charge in [0.15, 0.2) is 17.9 Å². The standard InChI is InChI=1S/C14H10F2O2/c1-9-5-6-12(16)14(7-9)18-13-4-2-3-11(15)10(13)8-17/h2-8H,1H3. The molecule has 0 unspecified atom stereocenters. The average molecular weight is 248 g/mol. The van der Waals surface area contributed by atoms with Crippen molar-refractivity contribution in [1.82, 2.24) is 0 Å². The summed E-state index contributed by atoms with van der Waals surface area (Å²) in [5.41, 5.74) is 0.578. The van der Waals surface area contributed by atoms with E-state index in [-0.39, 0.29) is 17.1 Å². The second-order valence-electron chi connectivity index (χ2n) is 3.81. The minimum Gasteiger partial charge on any atom is -0.453 e. The molecule has 2 nitrogen and oxygen atoms in total. The molecule has 4 heteroatoms. The van der Waals surface area contributed by atoms with Gasteiger partial charge in [0.2, 0.25) is 0 Å². The molecule has 0 amide bonds. The molecule has 18 heavy (non-hydrogen) atoms. The minimum absolute atomic E-state index is 0.00509. The molecule has 2 aromatic carbocycles. The fourth-order valence-corrected chi connectivity index (χ4v) is 1.53. The first kappa shape index (κ1) is 12.2. The molecule has 0 aliphatic heterocycles. The maximum absolute atomic E-state index is 13.5. The van der Waals surface area contributed by atoms with Crippen LogP contribution in [0.15, 0.2) is 36.4 Å². The highest BCUT2D eigenvalue weighted by Crippen LogP contribution is 2.28. The van der Waals surface area contributed by atoms with Gasteiger partial charge in [-0.25, -0.2) is 8.78 Å². The van der Waals surface area contributed by atoms with E-state index in [1.165, 1.54) is 24.3 Å². The van der Waals surface area contributed by atoms with Crippen molar-refractivity contribution in [3.05, 3.63) is 59.2 Å². The van der Waals surface area contributed by atoms with Gasteiger partial charge >= 0.3 is 0 Å². The number of benzene rings is 2. The lowest BCUT2D eigenvalue weighted by Gasteiger charge is -2.09. The number of hydrogen-bond acceptors (Lipinski definition) is 2. The molecule has 0 radical (unpaired) electrons. The molecule has 0 heterocycles. The highest BCUT2D eigenvalue weighted by Gasteiger charge is 2.11. The lowest BCUT2D eigenvalue weighted by atomic mass is 10.2. The molecule has 0 aliphatic carbocycles. The van der Waals surface area contributed by atoms with E-state index in [0.717, 1.165) is 11.6 Å². The van der Waals surface area contributed by atoms with Crippen LogP contribution in [0.1, 0.15) is 15.9 Å². The van der Waals surface area contributed by atoms with Crippen LogP contribution in [0, 0.1) is 18.6 Å². The third kappa shape index (κ3) is 2.37. The summed E-state index contributed by atoms with van der Waals surface area (Å²) in [6.45, 7) is 1.78. The van der Waals surface area contributed by atoms with Crippen molar-refractivity contribution in [2.75, 3.05) is 0 Å². The molecule has 0 atom stereocenters. The summed E-state index contributed by atoms with van der Waals surface area (Å²) in [5.74, 6) is -1.31. The van der Waals surface area contributed by atoms with Crippen molar-refractivity contribution in [3.8, 4) is 11.5 Å². The second-order valence-corrected chi connectivity index (χ2v) is 3.81. The predicted octanol–water partition coefficient (Wildman–Crippen LogP) is 3.88. The van der Waals surface area contributed by atoms with Crippen molar-refractivity contribution in [2.45, 2.75) is 6.92 Å². The molecule has 0 saturated heterocycles. The van der Waals surface area contributed by atoms with Crippen molar-refractivity contribution < 1.29 is 18.3 Å². The van der Waals surface area contributed by atoms with Gasteiger partial charge in [-0.15, -0.1) is 0 Å². The minimum atomic E-state index is -0.699. The summed E-state index contributed by atoms with van der Waals surface area (Å²) in [4.78, 5) is 10.8. The Bertz CT molecular complexity index is 594. The van der Waals surface area contributed by atoms with Crippen molar-refractivity contribution in [1.29, 1.82) is 0 Å². The molecule has 0 aliphatic rings. The molecule has 2 rings (SSSR count). The van der Waals surface area contributed by atoms with Crippen LogP contribution in [0.4, 0.5) is 8.78 Å². The molecule has 0 fully saturated rings. The molecule has 92 valence electrons. The first-order chi connectivity index (χ1) is 8.61. The summed E-state index contributed by atoms with van der Waals surface area (Å²) in [6, 6.07) is 8.27. The van der Waals surface area contributed by atoms with Crippen LogP contribution in [0.2, 0.25) is 0 Å². The van der Waals surface area contributed by atoms with Crippen molar-refractivity contribution in [2.24, 2.45) is 0 Å². The van der Waals surface area contributed by atoms with E-state index in [4.69, 9.17) is 4.74 Å². The molecular weight excluding hydrogens is 238 g/mol. The Morgan fingerprint density at radius 2 is 1.83 bits per heavy atom. The van der Waals surface area contributed by atoms with Gasteiger partial charge in [0, 0.05) is 0 Å². The zero-order valence-electron chi connectivity index (χ0n) is 9.61. The number of aryl methyl sites for hydroxylation is 1. The number of rotatable bonds is 3. The van der Waals surface area contributed by atoms with Crippen molar-refractivity contribution in [3.63, 3.8) is 0 Å². The quantitative estimate of drug-likeness (QED) is 0.770. The number of carbonyl (C=O) groups excluding carboxylic acids is 1. The van der Waals surface area contributed by atoms with E-state index < -0.39 is 11.6 Å². The highest BCUT2D eigenvalue weighted by molar-refractivity contribution is 5.79. The summed E-state index contributed by atoms with van der Waals surface area (Å²) in [5, 5.41) is 0. The normalized spacial score (nSPS) is 10.2. The Hall–Kier alpha value is -2.23. The van der Waals surface area contributed by atoms with E-state index in [1.807, 2.05) is 0 Å². The first-order valence-corrected chi connectivity index (χ1v) is 5.29. The number of aldehydes is 1. The van der Waals surface area contributed by atoms with Crippen LogP contribution in [0.25, 0.3) is 0 Å². The zero-order chi connectivity index (χ0) is 13.1. The van der Waals surface area contributed by atoms with Crippen LogP contribution in [0.5, 0.6) is 11.5 Å². The van der Waals surface area contributed by atoms with Gasteiger partial charge in [0.25, 0.3) is 0 Å². The topological polar surface area (TPSA) is 26.3 Å². The Balaban J connectivity index is 2.43. The number of ether oxygens (including phenoxy) is 1. The monoisotopic (exact) mass is 248 g/mol. The van der Waals surface area contributed by atoms with Gasteiger partial charge < -0.3 is 4.74 Å². The maximum Gasteiger partial charge on any atom is 0.165 e. The van der Waals surface area contributed by atoms with Gasteiger partial charge in [-0.3, -0.25) is 4.79 Å². The van der Waals surface area contributed by atoms with Crippen LogP contribution in [-0.2, 0) is 0 Å². The zero-order valence-corrected chi connectivity index (χ0v) is 9.61. The van der Waals surface area contributed by atoms with E-state index in [0.29, 0.717) is 6.29 Å². The molecule has 0 bridgehead atoms. The van der Waals surface area contributed by atoms with Crippen molar-refractivity contribution >= 4 is 6.29 Å². The number of halogens is 2. The second kappa shape index (κ2) is 4.96. The molecule has 2 aromatic rings. The van der Waals surface area contributed by atoms with Crippen LogP contribution in [0.3, 0.4) is 0 Å². The summed E-state index contributed by atoms with van der Waals surface area (Å²) >= 11 is 0. The fourth-order valence-electron chi connectivity index (χ4n) is 1.53. The van der Waals surface area contributed by atoms with Crippen LogP contribution >= 0.6 is 0 Å². The molecule has 0 saturated carbocycles. The lowest BCUT2D eigenvalue weighted by Crippen LogP contribution is -1.95. The number of hydrogen-bond donors (Lipinski definition) is 0. The summed E-state index contributed by atoms with van der Waals surface area (Å²) in [6.07, 6.45) is 0.346. The van der Waals surface area contributed by atoms with E-state index >= 15 is 0 Å². The predicted molar refractivity (Wildman–Crippen MR) is 63.0 cm³/mol. The SMILES string of the molecule is Cc1ccc(F)c(Oc2cccc(F)c2C=O)c1.